The summed E-state index contributed by atoms with van der Waals surface area (Å²) in [6.45, 7) is 6.95. The average molecular weight is 579 g/mol. The number of sulfonamides is 2. The lowest BCUT2D eigenvalue weighted by molar-refractivity contribution is -0.0425. The molecule has 194 valence electrons. The van der Waals surface area contributed by atoms with Crippen LogP contribution < -0.4 is 9.60 Å². The first kappa shape index (κ1) is 26.5. The molecular formula is C20H19F3N5O4S4-. The van der Waals surface area contributed by atoms with Crippen molar-refractivity contribution < 1.29 is 30.0 Å². The van der Waals surface area contributed by atoms with E-state index < -0.39 is 30.5 Å². The van der Waals surface area contributed by atoms with Gasteiger partial charge in [-0.1, -0.05) is 28.7 Å². The van der Waals surface area contributed by atoms with E-state index in [0.29, 0.717) is 32.9 Å². The molecule has 0 unspecified atom stereocenters. The highest BCUT2D eigenvalue weighted by Gasteiger charge is 2.40. The molecule has 0 bridgehead atoms. The molecular weight excluding hydrogens is 560 g/mol. The van der Waals surface area contributed by atoms with Crippen LogP contribution in [-0.2, 0) is 33.1 Å². The zero-order valence-electron chi connectivity index (χ0n) is 19.0. The number of aryl methyl sites for hydroxylation is 3. The molecule has 36 heavy (non-hydrogen) atoms. The van der Waals surface area contributed by atoms with Gasteiger partial charge in [-0.3, -0.25) is 0 Å². The maximum atomic E-state index is 12.6. The minimum atomic E-state index is -6.22. The van der Waals surface area contributed by atoms with Crippen molar-refractivity contribution in [2.24, 2.45) is 10.2 Å². The standard InChI is InChI=1S/C20H19F3N5O4S4/c1-4-27-14-8-6-12(3)10-16(14)33-18(27)24-25-19-28(5-2)15-9-7-13(11-17(15)34-19)35(29,30)26-36(31,32)20(21,22)23/h6-11H,4-5H2,1-3H3/q-1/b24-18-,25-19-. The van der Waals surface area contributed by atoms with E-state index in [1.807, 2.05) is 37.5 Å². The average Bonchev–Trinajstić information content (AvgIpc) is 3.31. The lowest BCUT2D eigenvalue weighted by atomic mass is 10.2. The van der Waals surface area contributed by atoms with Crippen molar-refractivity contribution in [2.75, 3.05) is 0 Å². The van der Waals surface area contributed by atoms with Crippen LogP contribution in [0.5, 0.6) is 0 Å². The Hall–Kier alpha value is -2.53. The lowest BCUT2D eigenvalue weighted by Crippen LogP contribution is -2.24. The number of rotatable bonds is 6. The summed E-state index contributed by atoms with van der Waals surface area (Å²) in [6.07, 6.45) is 0. The molecule has 0 amide bonds. The molecule has 2 aromatic carbocycles. The molecule has 0 radical (unpaired) electrons. The van der Waals surface area contributed by atoms with Gasteiger partial charge in [-0.2, -0.15) is 13.2 Å². The Morgan fingerprint density at radius 3 is 1.86 bits per heavy atom. The first-order chi connectivity index (χ1) is 16.8. The summed E-state index contributed by atoms with van der Waals surface area (Å²) in [7, 11) is -11.4. The molecule has 9 nitrogen and oxygen atoms in total. The van der Waals surface area contributed by atoms with Crippen LogP contribution in [0.25, 0.3) is 24.6 Å². The van der Waals surface area contributed by atoms with Crippen LogP contribution >= 0.6 is 22.7 Å². The molecule has 0 aliphatic rings. The van der Waals surface area contributed by atoms with E-state index in [0.717, 1.165) is 39.2 Å². The summed E-state index contributed by atoms with van der Waals surface area (Å²) in [5.74, 6) is 0. The fourth-order valence-electron chi connectivity index (χ4n) is 3.46. The fourth-order valence-corrected chi connectivity index (χ4v) is 7.98. The largest absolute Gasteiger partial charge is 0.480 e. The number of aromatic nitrogens is 2. The molecule has 0 fully saturated rings. The number of benzene rings is 2. The second-order valence-corrected chi connectivity index (χ2v) is 13.0. The van der Waals surface area contributed by atoms with Crippen LogP contribution in [-0.4, -0.2) is 31.5 Å². The lowest BCUT2D eigenvalue weighted by Gasteiger charge is -2.22. The van der Waals surface area contributed by atoms with Crippen LogP contribution in [0.4, 0.5) is 13.2 Å². The summed E-state index contributed by atoms with van der Waals surface area (Å²) in [5.41, 5.74) is -3.13. The van der Waals surface area contributed by atoms with Crippen molar-refractivity contribution in [1.29, 1.82) is 0 Å². The Labute approximate surface area is 212 Å². The summed E-state index contributed by atoms with van der Waals surface area (Å²) in [4.78, 5) is 0.412. The normalized spacial score (nSPS) is 14.4. The van der Waals surface area contributed by atoms with Crippen LogP contribution in [0.3, 0.4) is 0 Å². The highest BCUT2D eigenvalue weighted by Crippen LogP contribution is 2.33. The molecule has 0 aliphatic carbocycles. The third-order valence-electron chi connectivity index (χ3n) is 5.13. The molecule has 0 saturated heterocycles. The fraction of sp³-hybridized carbons (Fsp3) is 0.300. The highest BCUT2D eigenvalue weighted by atomic mass is 32.3. The number of fused-ring (bicyclic) bond motifs is 2. The van der Waals surface area contributed by atoms with Gasteiger partial charge < -0.3 is 13.3 Å². The number of hydrogen-bond donors (Lipinski definition) is 0. The van der Waals surface area contributed by atoms with Crippen molar-refractivity contribution in [3.8, 4) is 0 Å². The Morgan fingerprint density at radius 2 is 1.36 bits per heavy atom. The third-order valence-corrected chi connectivity index (χ3v) is 10.2. The monoisotopic (exact) mass is 578 g/mol. The van der Waals surface area contributed by atoms with E-state index in [2.05, 4.69) is 20.4 Å². The van der Waals surface area contributed by atoms with Crippen LogP contribution in [0, 0.1) is 6.92 Å². The maximum absolute atomic E-state index is 12.6. The number of alkyl halides is 3. The molecule has 2 heterocycles. The van der Waals surface area contributed by atoms with Gasteiger partial charge in [-0.25, -0.2) is 16.8 Å². The molecule has 0 N–H and O–H groups in total. The van der Waals surface area contributed by atoms with E-state index in [1.165, 1.54) is 17.4 Å². The zero-order valence-corrected chi connectivity index (χ0v) is 22.3. The summed E-state index contributed by atoms with van der Waals surface area (Å²) >= 11 is 2.54. The number of thiazole rings is 2. The molecule has 0 spiro atoms. The van der Waals surface area contributed by atoms with Gasteiger partial charge in [0, 0.05) is 13.1 Å². The van der Waals surface area contributed by atoms with Gasteiger partial charge in [-0.15, -0.1) is 10.2 Å². The van der Waals surface area contributed by atoms with E-state index in [4.69, 9.17) is 0 Å². The maximum Gasteiger partial charge on any atom is 0.480 e. The Kier molecular flexibility index (Phi) is 6.93. The second-order valence-electron chi connectivity index (χ2n) is 7.53. The molecule has 0 atom stereocenters. The van der Waals surface area contributed by atoms with Crippen LogP contribution in [0.15, 0.2) is 51.5 Å². The van der Waals surface area contributed by atoms with Gasteiger partial charge in [-0.05, 0) is 56.7 Å². The Bertz CT molecular complexity index is 1830. The summed E-state index contributed by atoms with van der Waals surface area (Å²) in [6, 6.07) is 9.53. The highest BCUT2D eigenvalue weighted by molar-refractivity contribution is 8.12. The van der Waals surface area contributed by atoms with Gasteiger partial charge in [0.1, 0.15) is 10.0 Å². The van der Waals surface area contributed by atoms with Crippen molar-refractivity contribution in [1.82, 2.24) is 9.13 Å². The van der Waals surface area contributed by atoms with Crippen LogP contribution in [0.2, 0.25) is 0 Å². The van der Waals surface area contributed by atoms with Crippen molar-refractivity contribution in [3.05, 3.63) is 55.7 Å². The topological polar surface area (TPSA) is 117 Å². The van der Waals surface area contributed by atoms with E-state index in [1.54, 1.807) is 4.57 Å². The molecule has 2 aromatic heterocycles. The summed E-state index contributed by atoms with van der Waals surface area (Å²) in [5, 5.41) is 8.79. The van der Waals surface area contributed by atoms with Crippen molar-refractivity contribution in [2.45, 2.75) is 44.3 Å². The van der Waals surface area contributed by atoms with Gasteiger partial charge in [0.25, 0.3) is 0 Å². The minimum Gasteiger partial charge on any atom is -0.424 e. The molecule has 4 rings (SSSR count). The van der Waals surface area contributed by atoms with Gasteiger partial charge >= 0.3 is 5.51 Å². The third kappa shape index (κ3) is 4.87. The zero-order chi connectivity index (χ0) is 26.5. The predicted octanol–water partition coefficient (Wildman–Crippen LogP) is 4.40. The SMILES string of the molecule is CCn1/c(=N/N=c2\sc3cc(S(=O)(=O)[N-]S(=O)(=O)C(F)(F)F)ccc3n2CC)sc2cc(C)ccc21. The Balaban J connectivity index is 1.83. The summed E-state index contributed by atoms with van der Waals surface area (Å²) < 4.78 is 92.3. The molecule has 0 saturated carbocycles. The predicted molar refractivity (Wildman–Crippen MR) is 132 cm³/mol. The van der Waals surface area contributed by atoms with Gasteiger partial charge in [0.15, 0.2) is 10.0 Å². The molecule has 0 aliphatic heterocycles. The molecule has 16 heteroatoms. The quantitative estimate of drug-likeness (QED) is 0.315. The first-order valence-corrected chi connectivity index (χ1v) is 14.9. The smallest absolute Gasteiger partial charge is 0.424 e. The van der Waals surface area contributed by atoms with Crippen molar-refractivity contribution >= 4 is 63.2 Å². The number of hydrogen-bond acceptors (Lipinski definition) is 8. The Morgan fingerprint density at radius 1 is 0.861 bits per heavy atom. The van der Waals surface area contributed by atoms with Gasteiger partial charge in [0.2, 0.25) is 9.60 Å². The van der Waals surface area contributed by atoms with Gasteiger partial charge in [0.05, 0.1) is 25.3 Å². The molecule has 4 aromatic rings. The van der Waals surface area contributed by atoms with Crippen LogP contribution in [0.1, 0.15) is 19.4 Å². The van der Waals surface area contributed by atoms with E-state index in [9.17, 15) is 30.0 Å². The minimum absolute atomic E-state index is 0.363. The number of nitrogens with zero attached hydrogens (tertiary/aromatic N) is 5. The second kappa shape index (κ2) is 9.41. The number of halogens is 3. The van der Waals surface area contributed by atoms with Crippen molar-refractivity contribution in [3.63, 3.8) is 0 Å². The van der Waals surface area contributed by atoms with E-state index in [-0.39, 0.29) is 0 Å². The van der Waals surface area contributed by atoms with E-state index >= 15 is 0 Å². The first-order valence-electron chi connectivity index (χ1n) is 10.4.